The molecular weight excluding hydrogens is 397 g/mol. The van der Waals surface area contributed by atoms with Gasteiger partial charge in [-0.05, 0) is 49.9 Å². The predicted octanol–water partition coefficient (Wildman–Crippen LogP) is 3.60. The van der Waals surface area contributed by atoms with E-state index in [9.17, 15) is 18.8 Å². The molecule has 166 valence electrons. The highest BCUT2D eigenvalue weighted by atomic mass is 19.1. The summed E-state index contributed by atoms with van der Waals surface area (Å²) in [5.41, 5.74) is 3.58. The number of benzene rings is 2. The van der Waals surface area contributed by atoms with Gasteiger partial charge in [0.15, 0.2) is 0 Å². The molecule has 2 aromatic rings. The average Bonchev–Trinajstić information content (AvgIpc) is 2.68. The molecule has 3 amide bonds. The van der Waals surface area contributed by atoms with Crippen molar-refractivity contribution >= 4 is 23.4 Å². The normalized spacial score (nSPS) is 11.7. The third-order valence-corrected chi connectivity index (χ3v) is 5.04. The molecule has 0 spiro atoms. The number of rotatable bonds is 7. The van der Waals surface area contributed by atoms with Gasteiger partial charge in [0, 0.05) is 12.7 Å². The van der Waals surface area contributed by atoms with Gasteiger partial charge in [0.05, 0.1) is 12.1 Å². The molecule has 31 heavy (non-hydrogen) atoms. The van der Waals surface area contributed by atoms with Crippen LogP contribution in [-0.4, -0.2) is 42.3 Å². The average molecular weight is 428 g/mol. The summed E-state index contributed by atoms with van der Waals surface area (Å²) in [6.45, 7) is 9.19. The van der Waals surface area contributed by atoms with E-state index in [0.29, 0.717) is 0 Å². The number of anilines is 1. The molecule has 2 N–H and O–H groups in total. The van der Waals surface area contributed by atoms with E-state index >= 15 is 0 Å². The van der Waals surface area contributed by atoms with Gasteiger partial charge in [0.25, 0.3) is 5.91 Å². The largest absolute Gasteiger partial charge is 0.340 e. The van der Waals surface area contributed by atoms with E-state index in [0.717, 1.165) is 22.4 Å². The Labute approximate surface area is 182 Å². The predicted molar refractivity (Wildman–Crippen MR) is 119 cm³/mol. The smallest absolute Gasteiger partial charge is 0.254 e. The van der Waals surface area contributed by atoms with E-state index in [1.165, 1.54) is 30.1 Å². The fraction of sp³-hybridized carbons (Fsp3) is 0.375. The molecule has 0 aliphatic rings. The maximum absolute atomic E-state index is 13.9. The van der Waals surface area contributed by atoms with Crippen LogP contribution in [0.15, 0.2) is 36.4 Å². The highest BCUT2D eigenvalue weighted by Gasteiger charge is 2.29. The van der Waals surface area contributed by atoms with Crippen molar-refractivity contribution < 1.29 is 18.8 Å². The molecule has 7 heteroatoms. The first-order valence-corrected chi connectivity index (χ1v) is 10.2. The number of halogens is 1. The van der Waals surface area contributed by atoms with Crippen molar-refractivity contribution in [3.63, 3.8) is 0 Å². The first-order chi connectivity index (χ1) is 14.5. The Morgan fingerprint density at radius 3 is 2.16 bits per heavy atom. The number of likely N-dealkylation sites (N-methyl/N-ethyl adjacent to an activating group) is 1. The van der Waals surface area contributed by atoms with Gasteiger partial charge >= 0.3 is 0 Å². The Balaban J connectivity index is 2.07. The maximum Gasteiger partial charge on any atom is 0.254 e. The van der Waals surface area contributed by atoms with Crippen LogP contribution < -0.4 is 10.6 Å². The molecular formula is C24H30FN3O3. The summed E-state index contributed by atoms with van der Waals surface area (Å²) >= 11 is 0. The lowest BCUT2D eigenvalue weighted by Gasteiger charge is -2.27. The van der Waals surface area contributed by atoms with Crippen LogP contribution in [0.4, 0.5) is 10.1 Å². The van der Waals surface area contributed by atoms with Crippen LogP contribution in [0.2, 0.25) is 0 Å². The van der Waals surface area contributed by atoms with Crippen molar-refractivity contribution in [3.8, 4) is 0 Å². The van der Waals surface area contributed by atoms with Crippen LogP contribution in [0.25, 0.3) is 0 Å². The number of nitrogens with one attached hydrogen (secondary N) is 2. The second-order valence-electron chi connectivity index (χ2n) is 8.19. The zero-order valence-corrected chi connectivity index (χ0v) is 18.9. The van der Waals surface area contributed by atoms with Gasteiger partial charge in [0.2, 0.25) is 11.8 Å². The minimum absolute atomic E-state index is 0.133. The van der Waals surface area contributed by atoms with E-state index < -0.39 is 23.7 Å². The monoisotopic (exact) mass is 427 g/mol. The molecule has 0 bridgehead atoms. The van der Waals surface area contributed by atoms with Crippen LogP contribution in [0, 0.1) is 32.5 Å². The summed E-state index contributed by atoms with van der Waals surface area (Å²) in [4.78, 5) is 39.2. The highest BCUT2D eigenvalue weighted by molar-refractivity contribution is 5.99. The molecule has 2 rings (SSSR count). The van der Waals surface area contributed by atoms with Gasteiger partial charge in [0.1, 0.15) is 11.9 Å². The zero-order valence-electron chi connectivity index (χ0n) is 18.9. The Morgan fingerprint density at radius 2 is 1.61 bits per heavy atom. The fourth-order valence-corrected chi connectivity index (χ4v) is 3.46. The molecule has 0 saturated heterocycles. The fourth-order valence-electron chi connectivity index (χ4n) is 3.46. The molecule has 1 atom stereocenters. The number of hydrogen-bond acceptors (Lipinski definition) is 3. The van der Waals surface area contributed by atoms with Crippen molar-refractivity contribution in [1.29, 1.82) is 0 Å². The van der Waals surface area contributed by atoms with Crippen molar-refractivity contribution in [2.24, 2.45) is 5.92 Å². The lowest BCUT2D eigenvalue weighted by Crippen LogP contribution is -2.51. The number of nitrogens with zero attached hydrogens (tertiary/aromatic N) is 1. The minimum atomic E-state index is -0.896. The number of carbonyl (C=O) groups excluding carboxylic acids is 3. The summed E-state index contributed by atoms with van der Waals surface area (Å²) in [6.07, 6.45) is 0. The molecule has 0 aliphatic heterocycles. The zero-order chi connectivity index (χ0) is 23.3. The first kappa shape index (κ1) is 24.1. The Hall–Kier alpha value is -3.22. The Bertz CT molecular complexity index is 965. The number of carbonyl (C=O) groups is 3. The standard InChI is InChI=1S/C24H30FN3O3/c1-14(2)21(27-23(30)18-9-7-8-10-19(18)25)24(31)28(6)13-20(29)26-22-16(4)11-15(3)12-17(22)5/h7-12,14,21H,13H2,1-6H3,(H,26,29)(H,27,30). The third kappa shape index (κ3) is 6.13. The lowest BCUT2D eigenvalue weighted by atomic mass is 10.0. The van der Waals surface area contributed by atoms with Crippen LogP contribution in [0.3, 0.4) is 0 Å². The summed E-state index contributed by atoms with van der Waals surface area (Å²) < 4.78 is 13.9. The van der Waals surface area contributed by atoms with Gasteiger partial charge in [-0.25, -0.2) is 4.39 Å². The van der Waals surface area contributed by atoms with E-state index in [2.05, 4.69) is 10.6 Å². The lowest BCUT2D eigenvalue weighted by molar-refractivity contribution is -0.135. The van der Waals surface area contributed by atoms with Gasteiger partial charge in [-0.3, -0.25) is 14.4 Å². The molecule has 1 unspecified atom stereocenters. The van der Waals surface area contributed by atoms with Crippen molar-refractivity contribution in [1.82, 2.24) is 10.2 Å². The van der Waals surface area contributed by atoms with Gasteiger partial charge < -0.3 is 15.5 Å². The van der Waals surface area contributed by atoms with Gasteiger partial charge in [-0.2, -0.15) is 0 Å². The number of aryl methyl sites for hydroxylation is 3. The SMILES string of the molecule is Cc1cc(C)c(NC(=O)CN(C)C(=O)C(NC(=O)c2ccccc2F)C(C)C)c(C)c1. The van der Waals surface area contributed by atoms with Gasteiger partial charge in [-0.1, -0.05) is 43.7 Å². The van der Waals surface area contributed by atoms with Crippen LogP contribution in [0.1, 0.15) is 40.9 Å². The molecule has 6 nitrogen and oxygen atoms in total. The highest BCUT2D eigenvalue weighted by Crippen LogP contribution is 2.22. The summed E-state index contributed by atoms with van der Waals surface area (Å²) in [6, 6.07) is 8.64. The van der Waals surface area contributed by atoms with Crippen molar-refractivity contribution in [2.75, 3.05) is 18.9 Å². The van der Waals surface area contributed by atoms with E-state index in [-0.39, 0.29) is 23.9 Å². The van der Waals surface area contributed by atoms with E-state index in [1.54, 1.807) is 19.9 Å². The maximum atomic E-state index is 13.9. The second-order valence-corrected chi connectivity index (χ2v) is 8.19. The summed E-state index contributed by atoms with van der Waals surface area (Å²) in [5, 5.41) is 5.46. The van der Waals surface area contributed by atoms with E-state index in [1.807, 2.05) is 32.9 Å². The minimum Gasteiger partial charge on any atom is -0.340 e. The molecule has 0 saturated carbocycles. The second kappa shape index (κ2) is 10.2. The molecule has 0 heterocycles. The Morgan fingerprint density at radius 1 is 1.03 bits per heavy atom. The quantitative estimate of drug-likeness (QED) is 0.709. The topological polar surface area (TPSA) is 78.5 Å². The molecule has 0 fully saturated rings. The van der Waals surface area contributed by atoms with Crippen molar-refractivity contribution in [2.45, 2.75) is 40.7 Å². The van der Waals surface area contributed by atoms with Crippen molar-refractivity contribution in [3.05, 3.63) is 64.5 Å². The van der Waals surface area contributed by atoms with E-state index in [4.69, 9.17) is 0 Å². The van der Waals surface area contributed by atoms with Crippen LogP contribution in [0.5, 0.6) is 0 Å². The summed E-state index contributed by atoms with van der Waals surface area (Å²) in [7, 11) is 1.50. The number of amides is 3. The first-order valence-electron chi connectivity index (χ1n) is 10.2. The Kier molecular flexibility index (Phi) is 7.91. The van der Waals surface area contributed by atoms with Gasteiger partial charge in [-0.15, -0.1) is 0 Å². The number of hydrogen-bond donors (Lipinski definition) is 2. The molecule has 0 aromatic heterocycles. The van der Waals surface area contributed by atoms with Crippen LogP contribution >= 0.6 is 0 Å². The third-order valence-electron chi connectivity index (χ3n) is 5.04. The summed E-state index contributed by atoms with van der Waals surface area (Å²) in [5.74, 6) is -2.35. The molecule has 0 radical (unpaired) electrons. The molecule has 2 aromatic carbocycles. The van der Waals surface area contributed by atoms with Crippen LogP contribution in [-0.2, 0) is 9.59 Å². The molecule has 0 aliphatic carbocycles.